The van der Waals surface area contributed by atoms with E-state index in [1.54, 1.807) is 70.6 Å². The summed E-state index contributed by atoms with van der Waals surface area (Å²) in [5.41, 5.74) is 0.722. The van der Waals surface area contributed by atoms with Crippen molar-refractivity contribution in [2.75, 3.05) is 0 Å². The molecule has 0 nitrogen and oxygen atoms in total. The molecule has 0 radical (unpaired) electrons. The van der Waals surface area contributed by atoms with Gasteiger partial charge in [0.2, 0.25) is 0 Å². The lowest BCUT2D eigenvalue weighted by molar-refractivity contribution is 0.176. The van der Waals surface area contributed by atoms with E-state index in [1.165, 1.54) is 37.5 Å². The molecule has 0 amide bonds. The minimum absolute atomic E-state index is 0. The van der Waals surface area contributed by atoms with E-state index in [0.717, 1.165) is 29.1 Å². The van der Waals surface area contributed by atoms with Crippen molar-refractivity contribution in [1.82, 2.24) is 0 Å². The minimum atomic E-state index is 0. The van der Waals surface area contributed by atoms with E-state index in [2.05, 4.69) is 13.8 Å². The minimum Gasteiger partial charge on any atom is -0.0776 e. The second-order valence-corrected chi connectivity index (χ2v) is 11.0. The van der Waals surface area contributed by atoms with Crippen LogP contribution in [0.5, 0.6) is 0 Å². The van der Waals surface area contributed by atoms with Gasteiger partial charge in [0, 0.05) is 0 Å². The van der Waals surface area contributed by atoms with Crippen LogP contribution in [0.25, 0.3) is 0 Å². The smallest absolute Gasteiger partial charge is 0.0298 e. The first-order chi connectivity index (χ1) is 11.6. The molecule has 26 heavy (non-hydrogen) atoms. The van der Waals surface area contributed by atoms with Gasteiger partial charge in [0.15, 0.2) is 0 Å². The van der Waals surface area contributed by atoms with Gasteiger partial charge in [-0.05, 0) is 73.0 Å². The van der Waals surface area contributed by atoms with E-state index >= 15 is 0 Å². The van der Waals surface area contributed by atoms with Crippen LogP contribution in [0.4, 0.5) is 0 Å². The molecule has 0 spiro atoms. The molecule has 7 fully saturated rings. The summed E-state index contributed by atoms with van der Waals surface area (Å²) >= 11 is 0. The highest BCUT2D eigenvalue weighted by Crippen LogP contribution is 2.57. The monoisotopic (exact) mass is 362 g/mol. The summed E-state index contributed by atoms with van der Waals surface area (Å²) in [5.74, 6) is 6.82. The molecule has 7 aliphatic rings. The molecule has 0 atom stereocenters. The molecule has 0 unspecified atom stereocenters. The van der Waals surface area contributed by atoms with Crippen LogP contribution in [0, 0.1) is 40.9 Å². The molecule has 0 heterocycles. The fraction of sp³-hybridized carbons (Fsp3) is 1.00. The molecule has 0 N–H and O–H groups in total. The van der Waals surface area contributed by atoms with Gasteiger partial charge in [0.05, 0.1) is 0 Å². The van der Waals surface area contributed by atoms with E-state index in [1.807, 2.05) is 0 Å². The molecule has 7 rings (SSSR count). The van der Waals surface area contributed by atoms with Crippen LogP contribution in [-0.4, -0.2) is 0 Å². The van der Waals surface area contributed by atoms with Gasteiger partial charge in [-0.1, -0.05) is 92.9 Å². The van der Waals surface area contributed by atoms with Crippen LogP contribution in [0.15, 0.2) is 0 Å². The Morgan fingerprint density at radius 1 is 0.423 bits per heavy atom. The number of rotatable bonds is 0. The van der Waals surface area contributed by atoms with Gasteiger partial charge >= 0.3 is 0 Å². The second kappa shape index (κ2) is 9.47. The third kappa shape index (κ3) is 4.88. The lowest BCUT2D eigenvalue weighted by Crippen LogP contribution is -2.21. The number of hydrogen-bond acceptors (Lipinski definition) is 0. The molecule has 6 bridgehead atoms. The average molecular weight is 363 g/mol. The Morgan fingerprint density at radius 2 is 0.692 bits per heavy atom. The van der Waals surface area contributed by atoms with E-state index in [0.29, 0.717) is 0 Å². The quantitative estimate of drug-likeness (QED) is 0.403. The predicted octanol–water partition coefficient (Wildman–Crippen LogP) is 8.89. The van der Waals surface area contributed by atoms with Crippen LogP contribution in [0.1, 0.15) is 125 Å². The fourth-order valence-electron chi connectivity index (χ4n) is 7.37. The van der Waals surface area contributed by atoms with Crippen LogP contribution in [0.3, 0.4) is 0 Å². The second-order valence-electron chi connectivity index (χ2n) is 11.0. The van der Waals surface area contributed by atoms with Crippen LogP contribution >= 0.6 is 0 Å². The zero-order valence-electron chi connectivity index (χ0n) is 16.6. The van der Waals surface area contributed by atoms with Gasteiger partial charge in [0.1, 0.15) is 0 Å². The fourth-order valence-corrected chi connectivity index (χ4v) is 7.37. The molecule has 7 aliphatic carbocycles. The first-order valence-corrected chi connectivity index (χ1v) is 11.6. The van der Waals surface area contributed by atoms with Gasteiger partial charge in [-0.25, -0.2) is 0 Å². The maximum Gasteiger partial charge on any atom is -0.0298 e. The Bertz CT molecular complexity index is 337. The summed E-state index contributed by atoms with van der Waals surface area (Å²) in [6.07, 6.45) is 23.3. The lowest BCUT2D eigenvalue weighted by Gasteiger charge is -2.35. The maximum absolute atomic E-state index is 2.46. The van der Waals surface area contributed by atoms with Gasteiger partial charge in [-0.2, -0.15) is 0 Å². The van der Waals surface area contributed by atoms with Crippen molar-refractivity contribution in [3.63, 3.8) is 0 Å². The summed E-state index contributed by atoms with van der Waals surface area (Å²) in [6.45, 7) is 4.92. The summed E-state index contributed by atoms with van der Waals surface area (Å²) in [7, 11) is 0. The SMILES string of the molecule is C.C.C1CC2CCC1C2.C1CC2CCC1CC2.CC1(C)C2CCC1CC2. The molecular weight excluding hydrogens is 312 g/mol. The molecule has 0 aromatic heterocycles. The summed E-state index contributed by atoms with van der Waals surface area (Å²) in [5, 5.41) is 0. The molecule has 0 saturated heterocycles. The van der Waals surface area contributed by atoms with E-state index in [-0.39, 0.29) is 14.9 Å². The molecule has 0 aliphatic heterocycles. The van der Waals surface area contributed by atoms with Crippen molar-refractivity contribution in [2.45, 2.75) is 125 Å². The molecule has 0 aromatic rings. The topological polar surface area (TPSA) is 0 Å². The molecule has 0 aromatic carbocycles. The van der Waals surface area contributed by atoms with Crippen molar-refractivity contribution in [2.24, 2.45) is 40.9 Å². The number of fused-ring (bicyclic) bond motifs is 7. The highest BCUT2D eigenvalue weighted by molar-refractivity contribution is 4.97. The number of hydrogen-bond donors (Lipinski definition) is 0. The van der Waals surface area contributed by atoms with Crippen molar-refractivity contribution in [3.05, 3.63) is 0 Å². The first kappa shape index (κ1) is 22.3. The Hall–Kier alpha value is 0. The molecule has 7 saturated carbocycles. The highest BCUT2D eigenvalue weighted by atomic mass is 14.5. The largest absolute Gasteiger partial charge is 0.0776 e. The van der Waals surface area contributed by atoms with E-state index < -0.39 is 0 Å². The van der Waals surface area contributed by atoms with Gasteiger partial charge in [-0.15, -0.1) is 0 Å². The van der Waals surface area contributed by atoms with Crippen molar-refractivity contribution >= 4 is 0 Å². The standard InChI is InChI=1S/C9H16.C8H14.C7H12.2CH4/c1-9(2)7-3-4-8(9)6-5-7;1-2-8-5-3-7(1)4-6-8;1-2-7-4-3-6(1)5-7;;/h7-8H,3-6H2,1-2H3;7-8H,1-6H2;6-7H,1-5H2;2*1H4. The summed E-state index contributed by atoms with van der Waals surface area (Å²) in [4.78, 5) is 0. The van der Waals surface area contributed by atoms with Crippen molar-refractivity contribution in [1.29, 1.82) is 0 Å². The zero-order valence-corrected chi connectivity index (χ0v) is 16.6. The van der Waals surface area contributed by atoms with Gasteiger partial charge < -0.3 is 0 Å². The maximum atomic E-state index is 2.46. The Labute approximate surface area is 166 Å². The predicted molar refractivity (Wildman–Crippen MR) is 117 cm³/mol. The highest BCUT2D eigenvalue weighted by Gasteiger charge is 2.47. The van der Waals surface area contributed by atoms with E-state index in [9.17, 15) is 0 Å². The first-order valence-electron chi connectivity index (χ1n) is 11.6. The molecule has 0 heteroatoms. The third-order valence-electron chi connectivity index (χ3n) is 9.41. The Balaban J connectivity index is 0.000000136. The Kier molecular flexibility index (Phi) is 8.12. The Morgan fingerprint density at radius 3 is 0.808 bits per heavy atom. The van der Waals surface area contributed by atoms with Gasteiger partial charge in [-0.3, -0.25) is 0 Å². The van der Waals surface area contributed by atoms with E-state index in [4.69, 9.17) is 0 Å². The molecule has 154 valence electrons. The lowest BCUT2D eigenvalue weighted by atomic mass is 9.71. The van der Waals surface area contributed by atoms with Crippen LogP contribution in [0.2, 0.25) is 0 Å². The molecular formula is C26H50. The normalized spacial score (nSPS) is 42.7. The van der Waals surface area contributed by atoms with Crippen molar-refractivity contribution < 1.29 is 0 Å². The third-order valence-corrected chi connectivity index (χ3v) is 9.41. The average Bonchev–Trinajstić information content (AvgIpc) is 3.41. The van der Waals surface area contributed by atoms with Gasteiger partial charge in [0.25, 0.3) is 0 Å². The summed E-state index contributed by atoms with van der Waals surface area (Å²) < 4.78 is 0. The van der Waals surface area contributed by atoms with Crippen LogP contribution in [-0.2, 0) is 0 Å². The summed E-state index contributed by atoms with van der Waals surface area (Å²) in [6, 6.07) is 0. The van der Waals surface area contributed by atoms with Crippen molar-refractivity contribution in [3.8, 4) is 0 Å². The van der Waals surface area contributed by atoms with Crippen LogP contribution < -0.4 is 0 Å². The zero-order chi connectivity index (χ0) is 16.6.